The summed E-state index contributed by atoms with van der Waals surface area (Å²) in [5, 5.41) is 19.6. The highest BCUT2D eigenvalue weighted by Gasteiger charge is 2.15. The van der Waals surface area contributed by atoms with Crippen LogP contribution in [0.2, 0.25) is 0 Å². The molecule has 1 aliphatic rings. The van der Waals surface area contributed by atoms with E-state index < -0.39 is 0 Å². The van der Waals surface area contributed by atoms with Crippen molar-refractivity contribution in [2.75, 3.05) is 6.67 Å². The van der Waals surface area contributed by atoms with Crippen molar-refractivity contribution in [2.45, 2.75) is 13.1 Å². The first-order chi connectivity index (χ1) is 10.2. The van der Waals surface area contributed by atoms with Crippen LogP contribution in [0.4, 0.5) is 0 Å². The highest BCUT2D eigenvalue weighted by molar-refractivity contribution is 5.33. The van der Waals surface area contributed by atoms with Crippen molar-refractivity contribution in [1.29, 1.82) is 0 Å². The molecule has 0 bridgehead atoms. The first-order valence-electron chi connectivity index (χ1n) is 6.92. The van der Waals surface area contributed by atoms with Gasteiger partial charge in [-0.25, -0.2) is 0 Å². The lowest BCUT2D eigenvalue weighted by Crippen LogP contribution is -2.24. The first-order valence-corrected chi connectivity index (χ1v) is 6.92. The van der Waals surface area contributed by atoms with Gasteiger partial charge in [0, 0.05) is 36.6 Å². The van der Waals surface area contributed by atoms with Crippen molar-refractivity contribution in [3.8, 4) is 11.5 Å². The van der Waals surface area contributed by atoms with Crippen molar-refractivity contribution in [3.05, 3.63) is 72.1 Å². The van der Waals surface area contributed by atoms with Gasteiger partial charge in [-0.3, -0.25) is 0 Å². The maximum atomic E-state index is 9.81. The van der Waals surface area contributed by atoms with E-state index in [0.29, 0.717) is 24.6 Å². The zero-order valence-corrected chi connectivity index (χ0v) is 11.7. The lowest BCUT2D eigenvalue weighted by Gasteiger charge is -2.22. The molecule has 1 heterocycles. The summed E-state index contributed by atoms with van der Waals surface area (Å²) in [5.41, 5.74) is 1.82. The fourth-order valence-corrected chi connectivity index (χ4v) is 2.45. The highest BCUT2D eigenvalue weighted by atomic mass is 16.3. The molecule has 0 radical (unpaired) electrons. The van der Waals surface area contributed by atoms with Crippen molar-refractivity contribution in [2.24, 2.45) is 0 Å². The third-order valence-corrected chi connectivity index (χ3v) is 3.58. The molecule has 2 aromatic rings. The van der Waals surface area contributed by atoms with Crippen molar-refractivity contribution in [3.63, 3.8) is 0 Å². The van der Waals surface area contributed by atoms with Crippen molar-refractivity contribution >= 4 is 0 Å². The minimum absolute atomic E-state index is 0.324. The molecule has 0 aliphatic carbocycles. The summed E-state index contributed by atoms with van der Waals surface area (Å²) in [4.78, 5) is 4.24. The molecule has 2 N–H and O–H groups in total. The number of phenolic OH excluding ortho intramolecular Hbond substituents is 2. The van der Waals surface area contributed by atoms with Gasteiger partial charge in [-0.05, 0) is 12.1 Å². The standard InChI is InChI=1S/C17H18N2O2/c20-16-7-3-1-5-14(16)11-18-9-10-19(13-18)12-15-6-2-4-8-17(15)21/h1-10,20-21H,11-13H2. The van der Waals surface area contributed by atoms with E-state index >= 15 is 0 Å². The van der Waals surface area contributed by atoms with Gasteiger partial charge in [0.1, 0.15) is 11.5 Å². The summed E-state index contributed by atoms with van der Waals surface area (Å²) in [7, 11) is 0. The zero-order valence-electron chi connectivity index (χ0n) is 11.7. The van der Waals surface area contributed by atoms with E-state index in [2.05, 4.69) is 9.80 Å². The Balaban J connectivity index is 1.61. The molecule has 0 unspecified atom stereocenters. The maximum Gasteiger partial charge on any atom is 0.120 e. The molecule has 0 saturated heterocycles. The van der Waals surface area contributed by atoms with E-state index in [-0.39, 0.29) is 0 Å². The number of hydrogen-bond donors (Lipinski definition) is 2. The van der Waals surface area contributed by atoms with Crippen LogP contribution in [-0.2, 0) is 13.1 Å². The number of hydrogen-bond acceptors (Lipinski definition) is 4. The minimum Gasteiger partial charge on any atom is -0.508 e. The van der Waals surface area contributed by atoms with Crippen LogP contribution in [0.3, 0.4) is 0 Å². The molecule has 0 saturated carbocycles. The summed E-state index contributed by atoms with van der Waals surface area (Å²) in [6.07, 6.45) is 4.01. The van der Waals surface area contributed by atoms with Crippen LogP contribution < -0.4 is 0 Å². The lowest BCUT2D eigenvalue weighted by molar-refractivity contribution is 0.250. The molecule has 0 aromatic heterocycles. The quantitative estimate of drug-likeness (QED) is 0.905. The Labute approximate surface area is 124 Å². The van der Waals surface area contributed by atoms with Crippen LogP contribution in [0.5, 0.6) is 11.5 Å². The largest absolute Gasteiger partial charge is 0.508 e. The number of benzene rings is 2. The van der Waals surface area contributed by atoms with E-state index in [1.54, 1.807) is 12.1 Å². The van der Waals surface area contributed by atoms with Gasteiger partial charge in [-0.1, -0.05) is 36.4 Å². The third-order valence-electron chi connectivity index (χ3n) is 3.58. The average molecular weight is 282 g/mol. The van der Waals surface area contributed by atoms with E-state index in [0.717, 1.165) is 17.8 Å². The Hall–Kier alpha value is -2.62. The molecule has 4 nitrogen and oxygen atoms in total. The predicted molar refractivity (Wildman–Crippen MR) is 81.3 cm³/mol. The second kappa shape index (κ2) is 5.79. The Morgan fingerprint density at radius 1 is 0.714 bits per heavy atom. The second-order valence-electron chi connectivity index (χ2n) is 5.19. The molecule has 1 aliphatic heterocycles. The molecular formula is C17H18N2O2. The van der Waals surface area contributed by atoms with Crippen molar-refractivity contribution < 1.29 is 10.2 Å². The van der Waals surface area contributed by atoms with Crippen LogP contribution >= 0.6 is 0 Å². The van der Waals surface area contributed by atoms with Gasteiger partial charge < -0.3 is 20.0 Å². The predicted octanol–water partition coefficient (Wildman–Crippen LogP) is 2.84. The molecule has 4 heteroatoms. The average Bonchev–Trinajstić information content (AvgIpc) is 2.91. The zero-order chi connectivity index (χ0) is 14.7. The smallest absolute Gasteiger partial charge is 0.120 e. The molecule has 21 heavy (non-hydrogen) atoms. The summed E-state index contributed by atoms with van der Waals surface area (Å²) in [5.74, 6) is 0.648. The number of rotatable bonds is 4. The van der Waals surface area contributed by atoms with Gasteiger partial charge >= 0.3 is 0 Å². The molecule has 0 amide bonds. The molecule has 0 spiro atoms. The Morgan fingerprint density at radius 3 is 1.57 bits per heavy atom. The Kier molecular flexibility index (Phi) is 3.69. The monoisotopic (exact) mass is 282 g/mol. The molecule has 108 valence electrons. The molecular weight excluding hydrogens is 264 g/mol. The second-order valence-corrected chi connectivity index (χ2v) is 5.19. The fourth-order valence-electron chi connectivity index (χ4n) is 2.45. The number of phenols is 2. The topological polar surface area (TPSA) is 46.9 Å². The summed E-state index contributed by atoms with van der Waals surface area (Å²) in [6.45, 7) is 2.07. The fraction of sp³-hybridized carbons (Fsp3) is 0.176. The summed E-state index contributed by atoms with van der Waals surface area (Å²) < 4.78 is 0. The van der Waals surface area contributed by atoms with Crippen molar-refractivity contribution in [1.82, 2.24) is 9.80 Å². The number of para-hydroxylation sites is 2. The normalized spacial score (nSPS) is 13.9. The number of aromatic hydroxyl groups is 2. The first kappa shape index (κ1) is 13.4. The Morgan fingerprint density at radius 2 is 1.14 bits per heavy atom. The highest BCUT2D eigenvalue weighted by Crippen LogP contribution is 2.22. The van der Waals surface area contributed by atoms with Gasteiger partial charge in [-0.15, -0.1) is 0 Å². The van der Waals surface area contributed by atoms with E-state index in [4.69, 9.17) is 0 Å². The van der Waals surface area contributed by atoms with Crippen LogP contribution in [-0.4, -0.2) is 26.7 Å². The number of nitrogens with zero attached hydrogens (tertiary/aromatic N) is 2. The minimum atomic E-state index is 0.324. The SMILES string of the molecule is Oc1ccccc1CN1C=CN(Cc2ccccc2O)C1. The van der Waals surface area contributed by atoms with E-state index in [1.165, 1.54) is 0 Å². The van der Waals surface area contributed by atoms with Crippen LogP contribution in [0, 0.1) is 0 Å². The maximum absolute atomic E-state index is 9.81. The Bertz CT molecular complexity index is 599. The van der Waals surface area contributed by atoms with Crippen LogP contribution in [0.15, 0.2) is 60.9 Å². The van der Waals surface area contributed by atoms with Gasteiger partial charge in [0.05, 0.1) is 6.67 Å². The molecule has 2 aromatic carbocycles. The summed E-state index contributed by atoms with van der Waals surface area (Å²) in [6, 6.07) is 14.8. The van der Waals surface area contributed by atoms with Gasteiger partial charge in [-0.2, -0.15) is 0 Å². The summed E-state index contributed by atoms with van der Waals surface area (Å²) >= 11 is 0. The van der Waals surface area contributed by atoms with E-state index in [1.807, 2.05) is 48.8 Å². The van der Waals surface area contributed by atoms with Crippen LogP contribution in [0.25, 0.3) is 0 Å². The van der Waals surface area contributed by atoms with Gasteiger partial charge in [0.25, 0.3) is 0 Å². The lowest BCUT2D eigenvalue weighted by atomic mass is 10.2. The third kappa shape index (κ3) is 3.11. The van der Waals surface area contributed by atoms with E-state index in [9.17, 15) is 10.2 Å². The molecule has 0 fully saturated rings. The van der Waals surface area contributed by atoms with Crippen LogP contribution in [0.1, 0.15) is 11.1 Å². The van der Waals surface area contributed by atoms with Gasteiger partial charge in [0.15, 0.2) is 0 Å². The molecule has 3 rings (SSSR count). The van der Waals surface area contributed by atoms with Gasteiger partial charge in [0.2, 0.25) is 0 Å². The molecule has 0 atom stereocenters.